The highest BCUT2D eigenvalue weighted by Crippen LogP contribution is 2.43. The van der Waals surface area contributed by atoms with Gasteiger partial charge in [0.2, 0.25) is 0 Å². The lowest BCUT2D eigenvalue weighted by Gasteiger charge is -2.15. The highest BCUT2D eigenvalue weighted by Gasteiger charge is 2.23. The number of fused-ring (bicyclic) bond motifs is 13. The van der Waals surface area contributed by atoms with Crippen LogP contribution < -0.4 is 0 Å². The zero-order valence-electron chi connectivity index (χ0n) is 33.6. The fraction of sp³-hybridized carbons (Fsp3) is 0. The maximum atomic E-state index is 6.91. The molecule has 0 aliphatic carbocycles. The molecule has 63 heavy (non-hydrogen) atoms. The first-order valence-corrected chi connectivity index (χ1v) is 21.2. The second kappa shape index (κ2) is 12.9. The fourth-order valence-corrected chi connectivity index (χ4v) is 9.77. The summed E-state index contributed by atoms with van der Waals surface area (Å²) >= 11 is 0. The molecule has 4 heterocycles. The fourth-order valence-electron chi connectivity index (χ4n) is 9.77. The summed E-state index contributed by atoms with van der Waals surface area (Å²) in [5, 5.41) is 13.3. The third-order valence-corrected chi connectivity index (χ3v) is 12.8. The lowest BCUT2D eigenvalue weighted by Crippen LogP contribution is -2.04. The third kappa shape index (κ3) is 5.15. The van der Waals surface area contributed by atoms with Gasteiger partial charge in [-0.1, -0.05) is 133 Å². The van der Waals surface area contributed by atoms with E-state index >= 15 is 0 Å². The SMILES string of the molecule is c1ccc2cc(-c3nc(-c4ccc5c(c4)oc4ccccc45)nc(-c4cc5c(cc4-n4c6ccccc6c6cc7ccccc7cc64)oc4c6ccccc6ccc54)n3)ccc2c1. The molecule has 6 nitrogen and oxygen atoms in total. The maximum Gasteiger partial charge on any atom is 0.166 e. The molecule has 0 spiro atoms. The van der Waals surface area contributed by atoms with Crippen molar-refractivity contribution >= 4 is 98.0 Å². The van der Waals surface area contributed by atoms with Crippen LogP contribution in [0.3, 0.4) is 0 Å². The van der Waals surface area contributed by atoms with E-state index in [1.54, 1.807) is 0 Å². The first kappa shape index (κ1) is 34.1. The Morgan fingerprint density at radius 2 is 0.905 bits per heavy atom. The second-order valence-electron chi connectivity index (χ2n) is 16.4. The summed E-state index contributed by atoms with van der Waals surface area (Å²) in [6.45, 7) is 0. The predicted molar refractivity (Wildman–Crippen MR) is 258 cm³/mol. The van der Waals surface area contributed by atoms with Gasteiger partial charge in [0, 0.05) is 60.5 Å². The Bertz CT molecular complexity index is 4230. The number of aromatic nitrogens is 4. The van der Waals surface area contributed by atoms with Crippen LogP contribution in [0.1, 0.15) is 0 Å². The zero-order chi connectivity index (χ0) is 41.2. The van der Waals surface area contributed by atoms with Crippen LogP contribution in [-0.4, -0.2) is 19.5 Å². The molecule has 10 aromatic carbocycles. The minimum absolute atomic E-state index is 0.548. The van der Waals surface area contributed by atoms with E-state index < -0.39 is 0 Å². The van der Waals surface area contributed by atoms with Crippen LogP contribution in [0.4, 0.5) is 0 Å². The molecule has 14 rings (SSSR count). The van der Waals surface area contributed by atoms with Crippen molar-refractivity contribution in [1.82, 2.24) is 19.5 Å². The molecule has 4 aromatic heterocycles. The van der Waals surface area contributed by atoms with Crippen LogP contribution in [-0.2, 0) is 0 Å². The van der Waals surface area contributed by atoms with Crippen molar-refractivity contribution in [2.45, 2.75) is 0 Å². The van der Waals surface area contributed by atoms with Crippen molar-refractivity contribution in [2.75, 3.05) is 0 Å². The molecule has 0 fully saturated rings. The molecular formula is C57H32N4O2. The van der Waals surface area contributed by atoms with E-state index in [2.05, 4.69) is 180 Å². The lowest BCUT2D eigenvalue weighted by molar-refractivity contribution is 0.669. The Morgan fingerprint density at radius 3 is 1.75 bits per heavy atom. The molecular weight excluding hydrogens is 773 g/mol. The van der Waals surface area contributed by atoms with E-state index in [9.17, 15) is 0 Å². The van der Waals surface area contributed by atoms with E-state index in [0.29, 0.717) is 17.5 Å². The number of para-hydroxylation sites is 2. The molecule has 0 bridgehead atoms. The Balaban J connectivity index is 1.10. The quantitative estimate of drug-likeness (QED) is 0.177. The van der Waals surface area contributed by atoms with Crippen LogP contribution in [0.25, 0.3) is 138 Å². The normalized spacial score (nSPS) is 12.1. The number of furan rings is 2. The standard InChI is InChI=1S/C57H32N4O2/c1-2-13-35-27-38(22-21-33(35)11-1)55-58-56(39-24-25-43-42-18-8-10-20-51(42)62-52(43)30-39)60-57(59-55)47-31-46-44-26-23-34-12-5-6-16-40(34)54(44)63-53(46)32-50(47)61-48-19-9-7-17-41(48)45-28-36-14-3-4-15-37(36)29-49(45)61/h1-32H. The minimum atomic E-state index is 0.548. The summed E-state index contributed by atoms with van der Waals surface area (Å²) < 4.78 is 15.7. The molecule has 0 radical (unpaired) electrons. The number of hydrogen-bond donors (Lipinski definition) is 0. The van der Waals surface area contributed by atoms with Crippen LogP contribution in [0.2, 0.25) is 0 Å². The Morgan fingerprint density at radius 1 is 0.317 bits per heavy atom. The van der Waals surface area contributed by atoms with Crippen LogP contribution in [0, 0.1) is 0 Å². The lowest BCUT2D eigenvalue weighted by atomic mass is 10.0. The van der Waals surface area contributed by atoms with Crippen molar-refractivity contribution in [3.63, 3.8) is 0 Å². The Hall–Kier alpha value is -8.61. The summed E-state index contributed by atoms with van der Waals surface area (Å²) in [6, 6.07) is 68.1. The number of hydrogen-bond acceptors (Lipinski definition) is 5. The maximum absolute atomic E-state index is 6.91. The number of nitrogens with zero attached hydrogens (tertiary/aromatic N) is 4. The Labute approximate surface area is 358 Å². The van der Waals surface area contributed by atoms with Gasteiger partial charge in [0.1, 0.15) is 22.3 Å². The summed E-state index contributed by atoms with van der Waals surface area (Å²) in [4.78, 5) is 16.1. The number of rotatable bonds is 4. The van der Waals surface area contributed by atoms with Gasteiger partial charge in [-0.05, 0) is 81.5 Å². The molecule has 0 N–H and O–H groups in total. The van der Waals surface area contributed by atoms with Gasteiger partial charge < -0.3 is 13.4 Å². The van der Waals surface area contributed by atoms with Gasteiger partial charge in [-0.25, -0.2) is 15.0 Å². The largest absolute Gasteiger partial charge is 0.456 e. The summed E-state index contributed by atoms with van der Waals surface area (Å²) in [7, 11) is 0. The second-order valence-corrected chi connectivity index (χ2v) is 16.4. The van der Waals surface area contributed by atoms with Crippen molar-refractivity contribution < 1.29 is 8.83 Å². The van der Waals surface area contributed by atoms with E-state index in [1.165, 1.54) is 10.8 Å². The van der Waals surface area contributed by atoms with E-state index in [1.807, 2.05) is 18.2 Å². The molecule has 0 atom stereocenters. The molecule has 0 aliphatic heterocycles. The first-order chi connectivity index (χ1) is 31.2. The van der Waals surface area contributed by atoms with Gasteiger partial charge in [0.05, 0.1) is 16.7 Å². The Kier molecular flexibility index (Phi) is 7.02. The average Bonchev–Trinajstić information content (AvgIpc) is 4.01. The summed E-state index contributed by atoms with van der Waals surface area (Å²) in [6.07, 6.45) is 0. The summed E-state index contributed by atoms with van der Waals surface area (Å²) in [5.41, 5.74) is 8.90. The summed E-state index contributed by atoms with van der Waals surface area (Å²) in [5.74, 6) is 1.67. The molecule has 0 unspecified atom stereocenters. The van der Waals surface area contributed by atoms with Gasteiger partial charge in [-0.2, -0.15) is 0 Å². The number of benzene rings is 10. The van der Waals surface area contributed by atoms with Crippen molar-refractivity contribution in [3.05, 3.63) is 194 Å². The topological polar surface area (TPSA) is 69.9 Å². The minimum Gasteiger partial charge on any atom is -0.456 e. The monoisotopic (exact) mass is 804 g/mol. The van der Waals surface area contributed by atoms with Gasteiger partial charge in [0.15, 0.2) is 17.5 Å². The zero-order valence-corrected chi connectivity index (χ0v) is 33.6. The third-order valence-electron chi connectivity index (χ3n) is 12.8. The molecule has 292 valence electrons. The van der Waals surface area contributed by atoms with Gasteiger partial charge >= 0.3 is 0 Å². The van der Waals surface area contributed by atoms with Gasteiger partial charge in [0.25, 0.3) is 0 Å². The van der Waals surface area contributed by atoms with E-state index in [0.717, 1.165) is 110 Å². The van der Waals surface area contributed by atoms with Crippen LogP contribution >= 0.6 is 0 Å². The predicted octanol–water partition coefficient (Wildman–Crippen LogP) is 15.2. The highest BCUT2D eigenvalue weighted by atomic mass is 16.3. The molecule has 14 aromatic rings. The first-order valence-electron chi connectivity index (χ1n) is 21.2. The molecule has 6 heteroatoms. The molecule has 0 saturated heterocycles. The average molecular weight is 805 g/mol. The van der Waals surface area contributed by atoms with Crippen LogP contribution in [0.5, 0.6) is 0 Å². The van der Waals surface area contributed by atoms with Crippen molar-refractivity contribution in [1.29, 1.82) is 0 Å². The van der Waals surface area contributed by atoms with E-state index in [4.69, 9.17) is 23.8 Å². The van der Waals surface area contributed by atoms with Crippen LogP contribution in [0.15, 0.2) is 203 Å². The smallest absolute Gasteiger partial charge is 0.166 e. The van der Waals surface area contributed by atoms with Crippen molar-refractivity contribution in [3.8, 4) is 39.9 Å². The van der Waals surface area contributed by atoms with Gasteiger partial charge in [-0.15, -0.1) is 0 Å². The van der Waals surface area contributed by atoms with Crippen molar-refractivity contribution in [2.24, 2.45) is 0 Å². The van der Waals surface area contributed by atoms with Gasteiger partial charge in [-0.3, -0.25) is 0 Å². The highest BCUT2D eigenvalue weighted by molar-refractivity contribution is 6.18. The van der Waals surface area contributed by atoms with E-state index in [-0.39, 0.29) is 0 Å². The molecule has 0 saturated carbocycles. The molecule has 0 aliphatic rings. The molecule has 0 amide bonds.